The van der Waals surface area contributed by atoms with Crippen LogP contribution in [0.3, 0.4) is 0 Å². The summed E-state index contributed by atoms with van der Waals surface area (Å²) in [5.74, 6) is -2.39. The van der Waals surface area contributed by atoms with E-state index in [1.807, 2.05) is 27.7 Å². The fraction of sp³-hybridized carbons (Fsp3) is 0.516. The van der Waals surface area contributed by atoms with Crippen molar-refractivity contribution in [3.63, 3.8) is 0 Å². The van der Waals surface area contributed by atoms with Gasteiger partial charge in [-0.15, -0.1) is 0 Å². The average Bonchev–Trinajstić information content (AvgIpc) is 2.90. The Labute approximate surface area is 236 Å². The van der Waals surface area contributed by atoms with Crippen LogP contribution in [0.2, 0.25) is 0 Å². The molecule has 0 fully saturated rings. The molecule has 220 valence electrons. The van der Waals surface area contributed by atoms with E-state index in [0.29, 0.717) is 36.7 Å². The Kier molecular flexibility index (Phi) is 13.2. The van der Waals surface area contributed by atoms with Crippen molar-refractivity contribution in [2.75, 3.05) is 19.6 Å². The molecule has 0 saturated heterocycles. The number of carbonyl (C=O) groups is 3. The first-order valence-electron chi connectivity index (χ1n) is 14.1. The molecule has 0 aliphatic heterocycles. The van der Waals surface area contributed by atoms with Crippen LogP contribution in [0.25, 0.3) is 0 Å². The van der Waals surface area contributed by atoms with Crippen LogP contribution in [0, 0.1) is 23.5 Å². The largest absolute Gasteiger partial charge is 0.356 e. The molecule has 3 amide bonds. The van der Waals surface area contributed by atoms with Gasteiger partial charge in [0.25, 0.3) is 11.8 Å². The molecule has 0 radical (unpaired) electrons. The van der Waals surface area contributed by atoms with E-state index >= 15 is 0 Å². The predicted molar refractivity (Wildman–Crippen MR) is 154 cm³/mol. The van der Waals surface area contributed by atoms with Crippen LogP contribution < -0.4 is 16.4 Å². The molecule has 0 aliphatic rings. The summed E-state index contributed by atoms with van der Waals surface area (Å²) < 4.78 is 27.8. The van der Waals surface area contributed by atoms with Crippen LogP contribution in [0.15, 0.2) is 42.5 Å². The highest BCUT2D eigenvalue weighted by Crippen LogP contribution is 2.17. The third-order valence-corrected chi connectivity index (χ3v) is 6.62. The molecule has 4 N–H and O–H groups in total. The van der Waals surface area contributed by atoms with Crippen molar-refractivity contribution < 1.29 is 23.2 Å². The maximum absolute atomic E-state index is 13.9. The maximum Gasteiger partial charge on any atom is 0.253 e. The van der Waals surface area contributed by atoms with Crippen molar-refractivity contribution in [2.24, 2.45) is 17.6 Å². The molecule has 3 atom stereocenters. The minimum atomic E-state index is -0.731. The Hall–Kier alpha value is -3.33. The van der Waals surface area contributed by atoms with Gasteiger partial charge in [-0.1, -0.05) is 40.7 Å². The molecule has 2 rings (SSSR count). The minimum Gasteiger partial charge on any atom is -0.356 e. The number of hydrogen-bond donors (Lipinski definition) is 3. The van der Waals surface area contributed by atoms with Crippen LogP contribution in [-0.4, -0.2) is 54.3 Å². The fourth-order valence-corrected chi connectivity index (χ4v) is 4.53. The lowest BCUT2D eigenvalue weighted by molar-refractivity contribution is -0.125. The van der Waals surface area contributed by atoms with Gasteiger partial charge in [0, 0.05) is 54.8 Å². The summed E-state index contributed by atoms with van der Waals surface area (Å²) in [4.78, 5) is 40.8. The molecule has 0 aromatic heterocycles. The van der Waals surface area contributed by atoms with Gasteiger partial charge < -0.3 is 21.3 Å². The highest BCUT2D eigenvalue weighted by atomic mass is 19.1. The first kappa shape index (κ1) is 32.9. The van der Waals surface area contributed by atoms with Crippen molar-refractivity contribution in [3.8, 4) is 0 Å². The lowest BCUT2D eigenvalue weighted by Gasteiger charge is -2.27. The van der Waals surface area contributed by atoms with Gasteiger partial charge in [-0.2, -0.15) is 0 Å². The quantitative estimate of drug-likeness (QED) is 0.295. The molecule has 0 bridgehead atoms. The lowest BCUT2D eigenvalue weighted by atomic mass is 9.91. The molecule has 2 aromatic rings. The fourth-order valence-electron chi connectivity index (χ4n) is 4.53. The molecule has 0 heterocycles. The van der Waals surface area contributed by atoms with E-state index in [1.54, 1.807) is 36.1 Å². The van der Waals surface area contributed by atoms with Gasteiger partial charge in [-0.25, -0.2) is 8.78 Å². The highest BCUT2D eigenvalue weighted by Gasteiger charge is 2.26. The second kappa shape index (κ2) is 16.1. The number of amides is 3. The molecule has 0 unspecified atom stereocenters. The predicted octanol–water partition coefficient (Wildman–Crippen LogP) is 4.69. The van der Waals surface area contributed by atoms with E-state index in [4.69, 9.17) is 5.73 Å². The molecule has 0 saturated carbocycles. The van der Waals surface area contributed by atoms with E-state index in [2.05, 4.69) is 10.6 Å². The Morgan fingerprint density at radius 2 is 1.52 bits per heavy atom. The molecular formula is C31H44F2N4O3. The molecule has 0 spiro atoms. The summed E-state index contributed by atoms with van der Waals surface area (Å²) in [5, 5.41) is 5.78. The molecule has 9 heteroatoms. The molecule has 0 aliphatic carbocycles. The first-order valence-corrected chi connectivity index (χ1v) is 14.1. The average molecular weight is 559 g/mol. The summed E-state index contributed by atoms with van der Waals surface area (Å²) in [6, 6.07) is 8.22. The Morgan fingerprint density at radius 1 is 0.925 bits per heavy atom. The van der Waals surface area contributed by atoms with Crippen molar-refractivity contribution in [1.82, 2.24) is 15.5 Å². The summed E-state index contributed by atoms with van der Waals surface area (Å²) in [6.07, 6.45) is 1.94. The third kappa shape index (κ3) is 10.3. The normalized spacial score (nSPS) is 13.4. The Balaban J connectivity index is 2.27. The van der Waals surface area contributed by atoms with Crippen LogP contribution in [0.1, 0.15) is 80.2 Å². The smallest absolute Gasteiger partial charge is 0.253 e. The van der Waals surface area contributed by atoms with E-state index in [9.17, 15) is 23.2 Å². The minimum absolute atomic E-state index is 0.0569. The van der Waals surface area contributed by atoms with Crippen molar-refractivity contribution in [2.45, 2.75) is 72.4 Å². The van der Waals surface area contributed by atoms with Crippen molar-refractivity contribution in [1.29, 1.82) is 0 Å². The van der Waals surface area contributed by atoms with Crippen LogP contribution in [0.5, 0.6) is 0 Å². The Bertz CT molecular complexity index is 1120. The topological polar surface area (TPSA) is 105 Å². The second-order valence-corrected chi connectivity index (χ2v) is 10.9. The molecule has 7 nitrogen and oxygen atoms in total. The number of carbonyl (C=O) groups excluding carboxylic acids is 3. The number of nitrogens with zero attached hydrogens (tertiary/aromatic N) is 1. The van der Waals surface area contributed by atoms with Gasteiger partial charge >= 0.3 is 0 Å². The molecule has 2 aromatic carbocycles. The van der Waals surface area contributed by atoms with Gasteiger partial charge in [0.05, 0.1) is 0 Å². The first-order chi connectivity index (χ1) is 18.9. The zero-order valence-corrected chi connectivity index (χ0v) is 24.3. The van der Waals surface area contributed by atoms with Gasteiger partial charge in [0.1, 0.15) is 11.6 Å². The summed E-state index contributed by atoms with van der Waals surface area (Å²) in [7, 11) is 0. The number of benzene rings is 2. The molecule has 40 heavy (non-hydrogen) atoms. The van der Waals surface area contributed by atoms with Gasteiger partial charge in [-0.05, 0) is 67.5 Å². The summed E-state index contributed by atoms with van der Waals surface area (Å²) >= 11 is 0. The van der Waals surface area contributed by atoms with Crippen LogP contribution in [-0.2, 0) is 11.2 Å². The second-order valence-electron chi connectivity index (χ2n) is 10.9. The van der Waals surface area contributed by atoms with E-state index in [-0.39, 0.29) is 30.2 Å². The number of nitrogens with one attached hydrogen (secondary N) is 2. The van der Waals surface area contributed by atoms with Gasteiger partial charge in [-0.3, -0.25) is 14.4 Å². The standard InChI is InChI=1S/C31H44F2N4O3/c1-6-11-37(12-7-2)31(40)24-10-8-9-23(17-24)30(39)36-28(16-22-14-25(32)18-26(33)15-22)27(34)13-21(5)29(38)35-19-20(3)4/h8-10,14-15,17-18,20-21,27-28H,6-7,11-13,16,19,34H2,1-5H3,(H,35,38)(H,36,39)/t21-,27+,28+/m1/s1. The van der Waals surface area contributed by atoms with Crippen molar-refractivity contribution in [3.05, 3.63) is 70.8 Å². The monoisotopic (exact) mass is 558 g/mol. The zero-order valence-electron chi connectivity index (χ0n) is 24.3. The Morgan fingerprint density at radius 3 is 2.10 bits per heavy atom. The highest BCUT2D eigenvalue weighted by molar-refractivity contribution is 5.99. The number of nitrogens with two attached hydrogens (primary N) is 1. The van der Waals surface area contributed by atoms with E-state index in [0.717, 1.165) is 18.9 Å². The number of halogens is 2. The number of rotatable bonds is 15. The van der Waals surface area contributed by atoms with Crippen LogP contribution >= 0.6 is 0 Å². The lowest BCUT2D eigenvalue weighted by Crippen LogP contribution is -2.50. The number of hydrogen-bond acceptors (Lipinski definition) is 4. The van der Waals surface area contributed by atoms with Crippen molar-refractivity contribution >= 4 is 17.7 Å². The zero-order chi connectivity index (χ0) is 29.8. The summed E-state index contributed by atoms with van der Waals surface area (Å²) in [5.41, 5.74) is 7.50. The third-order valence-electron chi connectivity index (χ3n) is 6.62. The SMILES string of the molecule is CCCN(CCC)C(=O)c1cccc(C(=O)N[C@@H](Cc2cc(F)cc(F)c2)[C@@H](N)C[C@@H](C)C(=O)NCC(C)C)c1. The van der Waals surface area contributed by atoms with Gasteiger partial charge in [0.2, 0.25) is 5.91 Å². The maximum atomic E-state index is 13.9. The summed E-state index contributed by atoms with van der Waals surface area (Å²) in [6.45, 7) is 11.5. The van der Waals surface area contributed by atoms with E-state index < -0.39 is 35.5 Å². The van der Waals surface area contributed by atoms with Crippen LogP contribution in [0.4, 0.5) is 8.78 Å². The molecular weight excluding hydrogens is 514 g/mol. The van der Waals surface area contributed by atoms with Gasteiger partial charge in [0.15, 0.2) is 0 Å². The van der Waals surface area contributed by atoms with E-state index in [1.165, 1.54) is 12.1 Å².